The minimum absolute atomic E-state index is 0.250. The van der Waals surface area contributed by atoms with Gasteiger partial charge < -0.3 is 20.1 Å². The third-order valence-electron chi connectivity index (χ3n) is 3.32. The van der Waals surface area contributed by atoms with E-state index in [0.29, 0.717) is 19.4 Å². The van der Waals surface area contributed by atoms with Crippen LogP contribution in [0, 0.1) is 0 Å². The van der Waals surface area contributed by atoms with E-state index in [-0.39, 0.29) is 11.8 Å². The van der Waals surface area contributed by atoms with Gasteiger partial charge in [0.25, 0.3) is 0 Å². The highest BCUT2D eigenvalue weighted by Gasteiger charge is 2.39. The summed E-state index contributed by atoms with van der Waals surface area (Å²) in [5.74, 6) is 0. The van der Waals surface area contributed by atoms with Gasteiger partial charge in [0.2, 0.25) is 0 Å². The van der Waals surface area contributed by atoms with E-state index < -0.39 is 17.0 Å². The predicted octanol–water partition coefficient (Wildman–Crippen LogP) is 1.13. The van der Waals surface area contributed by atoms with Crippen LogP contribution in [0.2, 0.25) is 0 Å². The van der Waals surface area contributed by atoms with Gasteiger partial charge in [-0.05, 0) is 27.2 Å². The maximum absolute atomic E-state index is 9.61. The molecule has 0 heterocycles. The normalized spacial score (nSPS) is 21.2. The van der Waals surface area contributed by atoms with E-state index in [9.17, 15) is 10.2 Å². The van der Waals surface area contributed by atoms with Gasteiger partial charge >= 0.3 is 0 Å². The number of hydrogen-bond donors (Lipinski definition) is 3. The lowest BCUT2D eigenvalue weighted by Gasteiger charge is -2.42. The van der Waals surface area contributed by atoms with Gasteiger partial charge in [0.05, 0.1) is 30.3 Å². The summed E-state index contributed by atoms with van der Waals surface area (Å²) >= 11 is 0. The van der Waals surface area contributed by atoms with Crippen molar-refractivity contribution in [2.45, 2.75) is 62.7 Å². The summed E-state index contributed by atoms with van der Waals surface area (Å²) in [5, 5.41) is 26.9. The molecule has 5 atom stereocenters. The number of rotatable bonds is 8. The number of aliphatic hydroxyl groups is 3. The average Bonchev–Trinajstić information content (AvgIpc) is 2.14. The van der Waals surface area contributed by atoms with Crippen molar-refractivity contribution in [1.82, 2.24) is 0 Å². The molecule has 0 aromatic rings. The Morgan fingerprint density at radius 3 is 2.06 bits per heavy atom. The molecule has 0 aliphatic heterocycles. The molecule has 5 unspecified atom stereocenters. The SMILES string of the molecule is CC(O)(P)CCOC(C)(C)C(C)(P)CC(O)CO. The summed E-state index contributed by atoms with van der Waals surface area (Å²) in [6.45, 7) is 7.76. The quantitative estimate of drug-likeness (QED) is 0.588. The molecule has 4 nitrogen and oxygen atoms in total. The fourth-order valence-electron chi connectivity index (χ4n) is 1.48. The fourth-order valence-corrected chi connectivity index (χ4v) is 1.95. The van der Waals surface area contributed by atoms with Crippen LogP contribution < -0.4 is 0 Å². The Morgan fingerprint density at radius 1 is 1.17 bits per heavy atom. The summed E-state index contributed by atoms with van der Waals surface area (Å²) in [5.41, 5.74) is -0.482. The molecular formula is C12H28O4P2. The molecule has 6 heteroatoms. The molecule has 0 fully saturated rings. The maximum Gasteiger partial charge on any atom is 0.0780 e. The van der Waals surface area contributed by atoms with Gasteiger partial charge in [0.15, 0.2) is 0 Å². The lowest BCUT2D eigenvalue weighted by atomic mass is 9.86. The highest BCUT2D eigenvalue weighted by atomic mass is 31.0. The van der Waals surface area contributed by atoms with Gasteiger partial charge in [-0.25, -0.2) is 0 Å². The number of aliphatic hydroxyl groups excluding tert-OH is 2. The molecule has 18 heavy (non-hydrogen) atoms. The smallest absolute Gasteiger partial charge is 0.0780 e. The molecule has 0 spiro atoms. The second-order valence-electron chi connectivity index (χ2n) is 5.92. The largest absolute Gasteiger partial charge is 0.394 e. The molecule has 0 radical (unpaired) electrons. The molecule has 0 bridgehead atoms. The van der Waals surface area contributed by atoms with E-state index in [1.54, 1.807) is 6.92 Å². The first-order valence-electron chi connectivity index (χ1n) is 6.14. The molecule has 0 aromatic heterocycles. The topological polar surface area (TPSA) is 69.9 Å². The average molecular weight is 298 g/mol. The lowest BCUT2D eigenvalue weighted by molar-refractivity contribution is -0.0666. The van der Waals surface area contributed by atoms with Gasteiger partial charge in [-0.15, -0.1) is 18.5 Å². The summed E-state index contributed by atoms with van der Waals surface area (Å²) in [7, 11) is 5.07. The van der Waals surface area contributed by atoms with Gasteiger partial charge in [0, 0.05) is 11.6 Å². The van der Waals surface area contributed by atoms with E-state index in [0.717, 1.165) is 0 Å². The Morgan fingerprint density at radius 2 is 1.67 bits per heavy atom. The first kappa shape index (κ1) is 18.7. The van der Waals surface area contributed by atoms with Crippen LogP contribution in [0.4, 0.5) is 0 Å². The van der Waals surface area contributed by atoms with Crippen LogP contribution in [0.1, 0.15) is 40.5 Å². The Hall–Kier alpha value is 0.700. The van der Waals surface area contributed by atoms with E-state index in [1.807, 2.05) is 20.8 Å². The minimum atomic E-state index is -0.821. The van der Waals surface area contributed by atoms with Crippen LogP contribution in [0.25, 0.3) is 0 Å². The van der Waals surface area contributed by atoms with Crippen LogP contribution in [0.3, 0.4) is 0 Å². The van der Waals surface area contributed by atoms with Crippen molar-refractivity contribution in [3.05, 3.63) is 0 Å². The Labute approximate surface area is 115 Å². The summed E-state index contributed by atoms with van der Waals surface area (Å²) in [6, 6.07) is 0. The standard InChI is InChI=1S/C12H28O4P2/c1-10(2,16-6-5-12(4,15)18)11(3,17)7-9(14)8-13/h9,13-15H,5-8,17-18H2,1-4H3. The summed E-state index contributed by atoms with van der Waals surface area (Å²) in [4.78, 5) is 0. The lowest BCUT2D eigenvalue weighted by Crippen LogP contribution is -2.48. The van der Waals surface area contributed by atoms with Crippen molar-refractivity contribution in [3.8, 4) is 0 Å². The van der Waals surface area contributed by atoms with Crippen LogP contribution >= 0.6 is 18.5 Å². The van der Waals surface area contributed by atoms with Crippen LogP contribution in [-0.4, -0.2) is 50.7 Å². The highest BCUT2D eigenvalue weighted by Crippen LogP contribution is 2.38. The Kier molecular flexibility index (Phi) is 7.19. The van der Waals surface area contributed by atoms with Crippen molar-refractivity contribution in [1.29, 1.82) is 0 Å². The molecule has 0 rings (SSSR count). The zero-order valence-corrected chi connectivity index (χ0v) is 14.1. The molecule has 3 N–H and O–H groups in total. The van der Waals surface area contributed by atoms with Crippen molar-refractivity contribution < 1.29 is 20.1 Å². The zero-order chi connectivity index (χ0) is 14.6. The van der Waals surface area contributed by atoms with Gasteiger partial charge in [-0.2, -0.15) is 0 Å². The minimum Gasteiger partial charge on any atom is -0.394 e. The molecule has 0 saturated carbocycles. The third-order valence-corrected chi connectivity index (χ3v) is 4.54. The second kappa shape index (κ2) is 6.92. The summed E-state index contributed by atoms with van der Waals surface area (Å²) in [6.07, 6.45) is 0.197. The molecule has 0 aromatic carbocycles. The van der Waals surface area contributed by atoms with E-state index in [4.69, 9.17) is 9.84 Å². The predicted molar refractivity (Wildman–Crippen MR) is 80.8 cm³/mol. The van der Waals surface area contributed by atoms with Gasteiger partial charge in [0.1, 0.15) is 0 Å². The van der Waals surface area contributed by atoms with Crippen molar-refractivity contribution >= 4 is 18.5 Å². The van der Waals surface area contributed by atoms with Crippen molar-refractivity contribution in [3.63, 3.8) is 0 Å². The van der Waals surface area contributed by atoms with Crippen LogP contribution in [0.15, 0.2) is 0 Å². The van der Waals surface area contributed by atoms with E-state index >= 15 is 0 Å². The van der Waals surface area contributed by atoms with Crippen molar-refractivity contribution in [2.24, 2.45) is 0 Å². The number of ether oxygens (including phenoxy) is 1. The van der Waals surface area contributed by atoms with Crippen molar-refractivity contribution in [2.75, 3.05) is 13.2 Å². The van der Waals surface area contributed by atoms with Gasteiger partial charge in [-0.3, -0.25) is 0 Å². The molecule has 0 saturated heterocycles. The molecule has 110 valence electrons. The van der Waals surface area contributed by atoms with Crippen LogP contribution in [0.5, 0.6) is 0 Å². The Bertz CT molecular complexity index is 249. The summed E-state index contributed by atoms with van der Waals surface area (Å²) < 4.78 is 5.83. The molecular weight excluding hydrogens is 270 g/mol. The monoisotopic (exact) mass is 298 g/mol. The van der Waals surface area contributed by atoms with E-state index in [1.165, 1.54) is 0 Å². The fraction of sp³-hybridized carbons (Fsp3) is 1.00. The van der Waals surface area contributed by atoms with Gasteiger partial charge in [-0.1, -0.05) is 6.92 Å². The highest BCUT2D eigenvalue weighted by molar-refractivity contribution is 7.19. The Balaban J connectivity index is 4.41. The molecule has 0 amide bonds. The molecule has 0 aliphatic carbocycles. The third kappa shape index (κ3) is 6.75. The number of hydrogen-bond acceptors (Lipinski definition) is 4. The second-order valence-corrected chi connectivity index (χ2v) is 8.44. The van der Waals surface area contributed by atoms with Crippen LogP contribution in [-0.2, 0) is 4.74 Å². The zero-order valence-electron chi connectivity index (χ0n) is 11.8. The first-order valence-corrected chi connectivity index (χ1v) is 7.30. The maximum atomic E-state index is 9.61. The van der Waals surface area contributed by atoms with E-state index in [2.05, 4.69) is 18.5 Å². The molecule has 0 aliphatic rings. The first-order chi connectivity index (χ1) is 7.91.